The Bertz CT molecular complexity index is 557. The lowest BCUT2D eigenvalue weighted by molar-refractivity contribution is -0.122. The van der Waals surface area contributed by atoms with E-state index in [2.05, 4.69) is 4.98 Å². The van der Waals surface area contributed by atoms with Crippen LogP contribution in [-0.2, 0) is 22.4 Å². The fourth-order valence-corrected chi connectivity index (χ4v) is 1.81. The summed E-state index contributed by atoms with van der Waals surface area (Å²) in [5.74, 6) is -0.481. The predicted octanol–water partition coefficient (Wildman–Crippen LogP) is 2.59. The minimum Gasteiger partial charge on any atom is -0.373 e. The van der Waals surface area contributed by atoms with Crippen molar-refractivity contribution in [2.24, 2.45) is 0 Å². The number of pyridine rings is 1. The van der Waals surface area contributed by atoms with Crippen LogP contribution >= 0.6 is 0 Å². The van der Waals surface area contributed by atoms with E-state index in [1.807, 2.05) is 18.2 Å². The number of benzene rings is 1. The molecular formula is C16H16FNO2. The molecule has 4 heteroatoms. The number of hydrogen-bond donors (Lipinski definition) is 0. The summed E-state index contributed by atoms with van der Waals surface area (Å²) in [6.07, 6.45) is 2.45. The normalized spacial score (nSPS) is 10.4. The van der Waals surface area contributed by atoms with Gasteiger partial charge in [-0.25, -0.2) is 4.39 Å². The standard InChI is InChI=1S/C16H16FNO2/c17-16-7-2-1-5-13(16)11-15(19)12-20-10-8-14-6-3-4-9-18-14/h1-7,9H,8,10-12H2. The number of Topliss-reactive ketones (excluding diaryl/α,β-unsaturated/α-hetero) is 1. The highest BCUT2D eigenvalue weighted by Gasteiger charge is 2.07. The molecule has 104 valence electrons. The average Bonchev–Trinajstić information content (AvgIpc) is 2.47. The number of rotatable bonds is 7. The molecule has 1 aromatic heterocycles. The van der Waals surface area contributed by atoms with E-state index in [0.29, 0.717) is 18.6 Å². The molecule has 1 heterocycles. The molecule has 2 aromatic rings. The van der Waals surface area contributed by atoms with Gasteiger partial charge in [0.05, 0.1) is 6.61 Å². The number of aromatic nitrogens is 1. The summed E-state index contributed by atoms with van der Waals surface area (Å²) < 4.78 is 18.7. The lowest BCUT2D eigenvalue weighted by Crippen LogP contribution is -2.14. The van der Waals surface area contributed by atoms with Gasteiger partial charge in [-0.3, -0.25) is 9.78 Å². The summed E-state index contributed by atoms with van der Waals surface area (Å²) in [4.78, 5) is 15.8. The minimum absolute atomic E-state index is 0.00116. The van der Waals surface area contributed by atoms with Gasteiger partial charge in [-0.1, -0.05) is 24.3 Å². The van der Waals surface area contributed by atoms with Crippen molar-refractivity contribution in [1.29, 1.82) is 0 Å². The Morgan fingerprint density at radius 1 is 1.15 bits per heavy atom. The van der Waals surface area contributed by atoms with Gasteiger partial charge in [-0.15, -0.1) is 0 Å². The largest absolute Gasteiger partial charge is 0.373 e. The monoisotopic (exact) mass is 273 g/mol. The summed E-state index contributed by atoms with van der Waals surface area (Å²) in [6, 6.07) is 11.9. The number of ketones is 1. The van der Waals surface area contributed by atoms with Crippen LogP contribution in [0.15, 0.2) is 48.7 Å². The molecule has 0 radical (unpaired) electrons. The number of carbonyl (C=O) groups excluding carboxylic acids is 1. The van der Waals surface area contributed by atoms with Crippen LogP contribution in [0.3, 0.4) is 0 Å². The Morgan fingerprint density at radius 3 is 2.70 bits per heavy atom. The van der Waals surface area contributed by atoms with Crippen molar-refractivity contribution in [3.05, 3.63) is 65.7 Å². The first-order valence-corrected chi connectivity index (χ1v) is 6.48. The molecular weight excluding hydrogens is 257 g/mol. The number of carbonyl (C=O) groups is 1. The molecule has 0 aliphatic carbocycles. The molecule has 0 atom stereocenters. The first-order valence-electron chi connectivity index (χ1n) is 6.48. The second-order valence-electron chi connectivity index (χ2n) is 4.43. The maximum Gasteiger partial charge on any atom is 0.162 e. The van der Waals surface area contributed by atoms with E-state index in [0.717, 1.165) is 5.69 Å². The number of halogens is 1. The maximum atomic E-state index is 13.4. The molecule has 0 saturated carbocycles. The van der Waals surface area contributed by atoms with Gasteiger partial charge >= 0.3 is 0 Å². The summed E-state index contributed by atoms with van der Waals surface area (Å²) in [6.45, 7) is 0.432. The topological polar surface area (TPSA) is 39.2 Å². The van der Waals surface area contributed by atoms with Gasteiger partial charge in [0.1, 0.15) is 12.4 Å². The highest BCUT2D eigenvalue weighted by atomic mass is 19.1. The number of nitrogens with zero attached hydrogens (tertiary/aromatic N) is 1. The SMILES string of the molecule is O=C(COCCc1ccccn1)Cc1ccccc1F. The molecule has 0 amide bonds. The Kier molecular flexibility index (Phi) is 5.38. The first kappa shape index (κ1) is 14.3. The molecule has 0 aliphatic rings. The lowest BCUT2D eigenvalue weighted by Gasteiger charge is -2.04. The van der Waals surface area contributed by atoms with E-state index in [1.165, 1.54) is 6.07 Å². The first-order chi connectivity index (χ1) is 9.75. The highest BCUT2D eigenvalue weighted by Crippen LogP contribution is 2.07. The molecule has 1 aromatic carbocycles. The van der Waals surface area contributed by atoms with Crippen molar-refractivity contribution in [3.8, 4) is 0 Å². The number of ether oxygens (including phenoxy) is 1. The van der Waals surface area contributed by atoms with Crippen LogP contribution in [0.2, 0.25) is 0 Å². The predicted molar refractivity (Wildman–Crippen MR) is 73.9 cm³/mol. The van der Waals surface area contributed by atoms with Gasteiger partial charge < -0.3 is 4.74 Å². The Balaban J connectivity index is 1.69. The Hall–Kier alpha value is -2.07. The van der Waals surface area contributed by atoms with Gasteiger partial charge in [0.2, 0.25) is 0 Å². The van der Waals surface area contributed by atoms with E-state index in [4.69, 9.17) is 4.74 Å². The van der Waals surface area contributed by atoms with E-state index >= 15 is 0 Å². The third-order valence-electron chi connectivity index (χ3n) is 2.84. The molecule has 0 fully saturated rings. The van der Waals surface area contributed by atoms with Gasteiger partial charge in [-0.05, 0) is 23.8 Å². The van der Waals surface area contributed by atoms with Gasteiger partial charge in [0.15, 0.2) is 5.78 Å². The van der Waals surface area contributed by atoms with Crippen molar-refractivity contribution in [2.45, 2.75) is 12.8 Å². The molecule has 0 aliphatic heterocycles. The summed E-state index contributed by atoms with van der Waals surface area (Å²) in [5.41, 5.74) is 1.33. The van der Waals surface area contributed by atoms with Crippen LogP contribution in [-0.4, -0.2) is 24.0 Å². The van der Waals surface area contributed by atoms with Crippen LogP contribution in [0.5, 0.6) is 0 Å². The highest BCUT2D eigenvalue weighted by molar-refractivity contribution is 5.82. The lowest BCUT2D eigenvalue weighted by atomic mass is 10.1. The Labute approximate surface area is 117 Å². The van der Waals surface area contributed by atoms with Crippen LogP contribution in [0, 0.1) is 5.82 Å². The summed E-state index contributed by atoms with van der Waals surface area (Å²) >= 11 is 0. The van der Waals surface area contributed by atoms with Gasteiger partial charge in [-0.2, -0.15) is 0 Å². The van der Waals surface area contributed by atoms with Crippen LogP contribution in [0.1, 0.15) is 11.3 Å². The third-order valence-corrected chi connectivity index (χ3v) is 2.84. The fraction of sp³-hybridized carbons (Fsp3) is 0.250. The van der Waals surface area contributed by atoms with Gasteiger partial charge in [0, 0.05) is 24.7 Å². The molecule has 0 N–H and O–H groups in total. The van der Waals surface area contributed by atoms with Crippen LogP contribution in [0.4, 0.5) is 4.39 Å². The molecule has 0 spiro atoms. The van der Waals surface area contributed by atoms with Crippen molar-refractivity contribution >= 4 is 5.78 Å². The molecule has 0 saturated heterocycles. The summed E-state index contributed by atoms with van der Waals surface area (Å²) in [7, 11) is 0. The zero-order valence-electron chi connectivity index (χ0n) is 11.1. The van der Waals surface area contributed by atoms with Crippen LogP contribution in [0.25, 0.3) is 0 Å². The van der Waals surface area contributed by atoms with Crippen molar-refractivity contribution in [1.82, 2.24) is 4.98 Å². The minimum atomic E-state index is -0.352. The third kappa shape index (κ3) is 4.55. The van der Waals surface area contributed by atoms with Crippen molar-refractivity contribution in [2.75, 3.05) is 13.2 Å². The molecule has 20 heavy (non-hydrogen) atoms. The van der Waals surface area contributed by atoms with Gasteiger partial charge in [0.25, 0.3) is 0 Å². The zero-order valence-corrected chi connectivity index (χ0v) is 11.1. The smallest absolute Gasteiger partial charge is 0.162 e. The maximum absolute atomic E-state index is 13.4. The Morgan fingerprint density at radius 2 is 1.95 bits per heavy atom. The summed E-state index contributed by atoms with van der Waals surface area (Å²) in [5, 5.41) is 0. The van der Waals surface area contributed by atoms with Crippen molar-refractivity contribution < 1.29 is 13.9 Å². The van der Waals surface area contributed by atoms with E-state index in [9.17, 15) is 9.18 Å². The second-order valence-corrected chi connectivity index (χ2v) is 4.43. The average molecular weight is 273 g/mol. The molecule has 0 unspecified atom stereocenters. The van der Waals surface area contributed by atoms with E-state index < -0.39 is 0 Å². The van der Waals surface area contributed by atoms with Crippen LogP contribution < -0.4 is 0 Å². The number of hydrogen-bond acceptors (Lipinski definition) is 3. The van der Waals surface area contributed by atoms with E-state index in [1.54, 1.807) is 24.4 Å². The molecule has 3 nitrogen and oxygen atoms in total. The zero-order chi connectivity index (χ0) is 14.2. The quantitative estimate of drug-likeness (QED) is 0.728. The molecule has 0 bridgehead atoms. The van der Waals surface area contributed by atoms with E-state index in [-0.39, 0.29) is 24.6 Å². The van der Waals surface area contributed by atoms with Crippen molar-refractivity contribution in [3.63, 3.8) is 0 Å². The fourth-order valence-electron chi connectivity index (χ4n) is 1.81. The second kappa shape index (κ2) is 7.50. The molecule has 2 rings (SSSR count).